The van der Waals surface area contributed by atoms with E-state index in [-0.39, 0.29) is 11.8 Å². The van der Waals surface area contributed by atoms with Crippen molar-refractivity contribution in [3.63, 3.8) is 0 Å². The van der Waals surface area contributed by atoms with Crippen LogP contribution in [0.5, 0.6) is 0 Å². The van der Waals surface area contributed by atoms with Gasteiger partial charge in [0.1, 0.15) is 5.82 Å². The Balaban J connectivity index is 2.06. The second-order valence-electron chi connectivity index (χ2n) is 5.87. The third-order valence-electron chi connectivity index (χ3n) is 2.99. The molecule has 0 fully saturated rings. The molecule has 0 saturated heterocycles. The Bertz CT molecular complexity index is 632. The first-order valence-corrected chi connectivity index (χ1v) is 7.50. The normalized spacial score (nSPS) is 11.4. The van der Waals surface area contributed by atoms with Crippen LogP contribution in [-0.4, -0.2) is 20.4 Å². The fourth-order valence-electron chi connectivity index (χ4n) is 1.84. The van der Waals surface area contributed by atoms with E-state index in [2.05, 4.69) is 35.4 Å². The molecule has 0 bridgehead atoms. The van der Waals surface area contributed by atoms with Gasteiger partial charge >= 0.3 is 5.97 Å². The van der Waals surface area contributed by atoms with Crippen molar-refractivity contribution in [2.45, 2.75) is 39.2 Å². The Labute approximate surface area is 128 Å². The molecule has 2 aromatic rings. The molecule has 0 radical (unpaired) electrons. The summed E-state index contributed by atoms with van der Waals surface area (Å²) >= 11 is 1.33. The number of hydrogen-bond acceptors (Lipinski definition) is 5. The first-order valence-electron chi connectivity index (χ1n) is 6.73. The number of anilines is 1. The van der Waals surface area contributed by atoms with Crippen molar-refractivity contribution in [2.24, 2.45) is 0 Å². The number of aromatic nitrogens is 2. The smallest absolute Gasteiger partial charge is 0.307 e. The third-order valence-corrected chi connectivity index (χ3v) is 3.66. The second-order valence-corrected chi connectivity index (χ2v) is 6.62. The van der Waals surface area contributed by atoms with E-state index in [1.807, 2.05) is 24.3 Å². The Hall–Kier alpha value is -1.95. The number of carboxylic acids is 1. The van der Waals surface area contributed by atoms with Gasteiger partial charge in [-0.2, -0.15) is 4.37 Å². The Kier molecular flexibility index (Phi) is 4.57. The summed E-state index contributed by atoms with van der Waals surface area (Å²) in [7, 11) is 0. The van der Waals surface area contributed by atoms with E-state index in [0.29, 0.717) is 6.54 Å². The van der Waals surface area contributed by atoms with Crippen molar-refractivity contribution in [1.82, 2.24) is 9.36 Å². The van der Waals surface area contributed by atoms with Gasteiger partial charge in [-0.3, -0.25) is 4.79 Å². The maximum absolute atomic E-state index is 10.9. The monoisotopic (exact) mass is 305 g/mol. The van der Waals surface area contributed by atoms with E-state index >= 15 is 0 Å². The van der Waals surface area contributed by atoms with Crippen molar-refractivity contribution in [3.8, 4) is 0 Å². The van der Waals surface area contributed by atoms with E-state index in [0.717, 1.165) is 22.1 Å². The molecule has 0 saturated carbocycles. The van der Waals surface area contributed by atoms with Crippen molar-refractivity contribution >= 4 is 22.6 Å². The average Bonchev–Trinajstić information content (AvgIpc) is 2.86. The number of nitrogens with zero attached hydrogens (tertiary/aromatic N) is 2. The molecule has 0 atom stereocenters. The number of carbonyl (C=O) groups is 1. The van der Waals surface area contributed by atoms with Gasteiger partial charge in [-0.15, -0.1) is 0 Å². The number of aliphatic carboxylic acids is 1. The SMILES string of the molecule is CC(C)(C)c1nsc(NCc2ccccc2CC(=O)O)n1. The maximum atomic E-state index is 10.9. The van der Waals surface area contributed by atoms with Crippen molar-refractivity contribution < 1.29 is 9.90 Å². The summed E-state index contributed by atoms with van der Waals surface area (Å²) in [6.07, 6.45) is 0.0290. The van der Waals surface area contributed by atoms with Crippen LogP contribution >= 0.6 is 11.5 Å². The maximum Gasteiger partial charge on any atom is 0.307 e. The van der Waals surface area contributed by atoms with Crippen LogP contribution in [0.4, 0.5) is 5.13 Å². The van der Waals surface area contributed by atoms with E-state index in [1.165, 1.54) is 11.5 Å². The zero-order valence-corrected chi connectivity index (χ0v) is 13.2. The molecular weight excluding hydrogens is 286 g/mol. The fourth-order valence-corrected chi connectivity index (χ4v) is 2.59. The minimum absolute atomic E-state index is 0.0290. The highest BCUT2D eigenvalue weighted by atomic mass is 32.1. The highest BCUT2D eigenvalue weighted by Gasteiger charge is 2.19. The molecule has 0 aliphatic heterocycles. The topological polar surface area (TPSA) is 75.1 Å². The molecule has 112 valence electrons. The number of rotatable bonds is 5. The first-order chi connectivity index (χ1) is 9.86. The quantitative estimate of drug-likeness (QED) is 0.888. The molecule has 2 N–H and O–H groups in total. The average molecular weight is 305 g/mol. The molecule has 1 aromatic carbocycles. The molecule has 2 rings (SSSR count). The number of benzene rings is 1. The van der Waals surface area contributed by atoms with Gasteiger partial charge in [0.25, 0.3) is 0 Å². The minimum Gasteiger partial charge on any atom is -0.481 e. The Morgan fingerprint density at radius 3 is 2.52 bits per heavy atom. The summed E-state index contributed by atoms with van der Waals surface area (Å²) in [6, 6.07) is 7.52. The lowest BCUT2D eigenvalue weighted by molar-refractivity contribution is -0.136. The van der Waals surface area contributed by atoms with Crippen LogP contribution in [0, 0.1) is 0 Å². The second kappa shape index (κ2) is 6.22. The molecule has 5 nitrogen and oxygen atoms in total. The predicted molar refractivity (Wildman–Crippen MR) is 83.7 cm³/mol. The van der Waals surface area contributed by atoms with Gasteiger partial charge in [0.05, 0.1) is 6.42 Å². The largest absolute Gasteiger partial charge is 0.481 e. The summed E-state index contributed by atoms with van der Waals surface area (Å²) in [6.45, 7) is 6.76. The molecule has 0 aliphatic rings. The standard InChI is InChI=1S/C15H19N3O2S/c1-15(2,3)13-17-14(21-18-13)16-9-11-7-5-4-6-10(11)8-12(19)20/h4-7H,8-9H2,1-3H3,(H,19,20)(H,16,17,18). The van der Waals surface area contributed by atoms with E-state index < -0.39 is 5.97 Å². The molecule has 0 spiro atoms. The van der Waals surface area contributed by atoms with E-state index in [4.69, 9.17) is 5.11 Å². The van der Waals surface area contributed by atoms with Crippen molar-refractivity contribution in [1.29, 1.82) is 0 Å². The molecule has 1 heterocycles. The third kappa shape index (κ3) is 4.26. The summed E-state index contributed by atoms with van der Waals surface area (Å²) in [5, 5.41) is 12.9. The van der Waals surface area contributed by atoms with Crippen molar-refractivity contribution in [3.05, 3.63) is 41.2 Å². The lowest BCUT2D eigenvalue weighted by atomic mass is 9.96. The zero-order chi connectivity index (χ0) is 15.5. The van der Waals surface area contributed by atoms with E-state index in [9.17, 15) is 4.79 Å². The predicted octanol–water partition coefficient (Wildman–Crippen LogP) is 3.07. The summed E-state index contributed by atoms with van der Waals surface area (Å²) in [5.74, 6) is -0.0118. The van der Waals surface area contributed by atoms with Crippen LogP contribution in [0.15, 0.2) is 24.3 Å². The van der Waals surface area contributed by atoms with Gasteiger partial charge in [-0.05, 0) is 11.1 Å². The van der Waals surface area contributed by atoms with Gasteiger partial charge < -0.3 is 10.4 Å². The van der Waals surface area contributed by atoms with Crippen LogP contribution in [0.1, 0.15) is 37.7 Å². The fraction of sp³-hybridized carbons (Fsp3) is 0.400. The number of carboxylic acid groups (broad SMARTS) is 1. The molecule has 1 aromatic heterocycles. The van der Waals surface area contributed by atoms with Gasteiger partial charge in [-0.1, -0.05) is 45.0 Å². The van der Waals surface area contributed by atoms with Gasteiger partial charge in [0.2, 0.25) is 5.13 Å². The van der Waals surface area contributed by atoms with Gasteiger partial charge in [-0.25, -0.2) is 4.98 Å². The molecule has 21 heavy (non-hydrogen) atoms. The Morgan fingerprint density at radius 2 is 1.95 bits per heavy atom. The van der Waals surface area contributed by atoms with Crippen LogP contribution in [0.3, 0.4) is 0 Å². The first kappa shape index (κ1) is 15.4. The Morgan fingerprint density at radius 1 is 1.29 bits per heavy atom. The van der Waals surface area contributed by atoms with Crippen molar-refractivity contribution in [2.75, 3.05) is 5.32 Å². The van der Waals surface area contributed by atoms with Gasteiger partial charge in [0.15, 0.2) is 0 Å². The summed E-state index contributed by atoms with van der Waals surface area (Å²) in [4.78, 5) is 15.3. The molecule has 0 aliphatic carbocycles. The van der Waals surface area contributed by atoms with Crippen LogP contribution < -0.4 is 5.32 Å². The van der Waals surface area contributed by atoms with Crippen LogP contribution in [0.25, 0.3) is 0 Å². The molecule has 0 unspecified atom stereocenters. The van der Waals surface area contributed by atoms with Crippen LogP contribution in [-0.2, 0) is 23.2 Å². The lowest BCUT2D eigenvalue weighted by Crippen LogP contribution is -2.13. The minimum atomic E-state index is -0.826. The van der Waals surface area contributed by atoms with Gasteiger partial charge in [0, 0.05) is 23.5 Å². The molecule has 6 heteroatoms. The van der Waals surface area contributed by atoms with Crippen LogP contribution in [0.2, 0.25) is 0 Å². The number of hydrogen-bond donors (Lipinski definition) is 2. The van der Waals surface area contributed by atoms with E-state index in [1.54, 1.807) is 0 Å². The summed E-state index contributed by atoms with van der Waals surface area (Å²) < 4.78 is 4.34. The molecule has 0 amide bonds. The number of nitrogens with one attached hydrogen (secondary N) is 1. The highest BCUT2D eigenvalue weighted by molar-refractivity contribution is 7.09. The zero-order valence-electron chi connectivity index (χ0n) is 12.4. The highest BCUT2D eigenvalue weighted by Crippen LogP contribution is 2.23. The summed E-state index contributed by atoms with van der Waals surface area (Å²) in [5.41, 5.74) is 1.71. The molecular formula is C15H19N3O2S. The lowest BCUT2D eigenvalue weighted by Gasteiger charge is -2.12.